The maximum absolute atomic E-state index is 8.80. The number of pyridine rings is 1. The molecule has 0 fully saturated rings. The molecule has 2 aliphatic carbocycles. The molecule has 8 rings (SSSR count). The summed E-state index contributed by atoms with van der Waals surface area (Å²) >= 11 is -5.18. The summed E-state index contributed by atoms with van der Waals surface area (Å²) in [7, 11) is 17.6. The number of hydrogen-bond donors (Lipinski definition) is 0. The van der Waals surface area contributed by atoms with Gasteiger partial charge in [0.05, 0.1) is 0 Å². The van der Waals surface area contributed by atoms with E-state index in [4.69, 9.17) is 22.0 Å². The normalized spacial score (nSPS) is 18.0. The predicted molar refractivity (Wildman–Crippen MR) is 193 cm³/mol. The van der Waals surface area contributed by atoms with Gasteiger partial charge in [0, 0.05) is 0 Å². The Bertz CT molecular complexity index is 2100. The van der Waals surface area contributed by atoms with E-state index in [-0.39, 0.29) is 7.25 Å². The van der Waals surface area contributed by atoms with Crippen LogP contribution in [0.2, 0.25) is 0 Å². The van der Waals surface area contributed by atoms with Crippen LogP contribution in [0.25, 0.3) is 34.2 Å². The number of allylic oxidation sites excluding steroid dienone is 2. The van der Waals surface area contributed by atoms with Crippen LogP contribution in [0.15, 0.2) is 151 Å². The van der Waals surface area contributed by atoms with E-state index in [0.29, 0.717) is 0 Å². The van der Waals surface area contributed by atoms with Crippen LogP contribution in [0.3, 0.4) is 0 Å². The molecule has 0 amide bonds. The van der Waals surface area contributed by atoms with Crippen molar-refractivity contribution in [2.45, 2.75) is 14.2 Å². The van der Waals surface area contributed by atoms with E-state index in [1.54, 1.807) is 0 Å². The van der Waals surface area contributed by atoms with Crippen molar-refractivity contribution in [3.8, 4) is 11.1 Å². The number of halogens is 2. The topological polar surface area (TPSA) is 12.9 Å². The molecule has 6 aromatic rings. The van der Waals surface area contributed by atoms with Crippen LogP contribution in [0.5, 0.6) is 0 Å². The van der Waals surface area contributed by atoms with Crippen LogP contribution in [0.4, 0.5) is 0 Å². The molecule has 0 radical (unpaired) electrons. The Kier molecular flexibility index (Phi) is 7.23. The fourth-order valence-electron chi connectivity index (χ4n) is 8.13. The molecule has 0 N–H and O–H groups in total. The van der Waals surface area contributed by atoms with E-state index in [0.717, 1.165) is 16.5 Å². The summed E-state index contributed by atoms with van der Waals surface area (Å²) in [6.45, 7) is 2.26. The van der Waals surface area contributed by atoms with Gasteiger partial charge in [-0.05, 0) is 0 Å². The van der Waals surface area contributed by atoms with Gasteiger partial charge in [-0.1, -0.05) is 0 Å². The van der Waals surface area contributed by atoms with Crippen molar-refractivity contribution in [3.63, 3.8) is 0 Å². The second-order valence-electron chi connectivity index (χ2n) is 12.5. The van der Waals surface area contributed by atoms with E-state index in [2.05, 4.69) is 153 Å². The molecule has 5 aromatic carbocycles. The van der Waals surface area contributed by atoms with Crippen molar-refractivity contribution in [2.24, 2.45) is 0 Å². The molecule has 219 valence electrons. The van der Waals surface area contributed by atoms with E-state index in [1.165, 1.54) is 43.8 Å². The molecule has 0 spiro atoms. The fraction of sp³-hybridized carbons (Fsp3) is 0.0750. The Labute approximate surface area is 273 Å². The zero-order valence-corrected chi connectivity index (χ0v) is 30.1. The van der Waals surface area contributed by atoms with E-state index in [1.807, 2.05) is 12.3 Å². The second-order valence-corrected chi connectivity index (χ2v) is 50.7. The zero-order valence-electron chi connectivity index (χ0n) is 24.9. The van der Waals surface area contributed by atoms with Gasteiger partial charge in [-0.3, -0.25) is 0 Å². The van der Waals surface area contributed by atoms with E-state index < -0.39 is 21.5 Å². The van der Waals surface area contributed by atoms with Gasteiger partial charge in [0.2, 0.25) is 0 Å². The van der Waals surface area contributed by atoms with Crippen molar-refractivity contribution in [1.29, 1.82) is 0 Å². The molecule has 2 aliphatic rings. The van der Waals surface area contributed by atoms with Gasteiger partial charge in [-0.2, -0.15) is 0 Å². The van der Waals surface area contributed by atoms with Crippen molar-refractivity contribution in [2.75, 3.05) is 0 Å². The van der Waals surface area contributed by atoms with Crippen LogP contribution >= 0.6 is 17.0 Å². The Morgan fingerprint density at radius 2 is 1.33 bits per heavy atom. The molecular formula is C40H32Cl2NSiZr. The summed E-state index contributed by atoms with van der Waals surface area (Å²) in [6.07, 6.45) is 8.98. The Morgan fingerprint density at radius 3 is 2.09 bits per heavy atom. The molecule has 5 heteroatoms. The van der Waals surface area contributed by atoms with Crippen LogP contribution in [0, 0.1) is 0 Å². The van der Waals surface area contributed by atoms with Gasteiger partial charge < -0.3 is 0 Å². The third-order valence-electron chi connectivity index (χ3n) is 9.94. The number of hydrogen-bond acceptors (Lipinski definition) is 1. The average molecular weight is 717 g/mol. The van der Waals surface area contributed by atoms with Crippen LogP contribution < -0.4 is 10.4 Å². The number of para-hydroxylation sites is 1. The third-order valence-corrected chi connectivity index (χ3v) is 52.2. The molecule has 0 saturated carbocycles. The number of nitrogens with zero attached hydrogens (tertiary/aromatic N) is 1. The molecule has 45 heavy (non-hydrogen) atoms. The molecule has 0 bridgehead atoms. The summed E-state index contributed by atoms with van der Waals surface area (Å²) in [4.78, 5) is 4.82. The average Bonchev–Trinajstić information content (AvgIpc) is 3.68. The summed E-state index contributed by atoms with van der Waals surface area (Å²) in [5.41, 5.74) is 9.55. The number of fused-ring (bicyclic) bond motifs is 3. The zero-order chi connectivity index (χ0) is 30.6. The molecule has 1 heterocycles. The van der Waals surface area contributed by atoms with Crippen LogP contribution in [0.1, 0.15) is 36.4 Å². The first-order chi connectivity index (χ1) is 21.9. The number of benzene rings is 5. The molecule has 2 atom stereocenters. The summed E-state index contributed by atoms with van der Waals surface area (Å²) < 4.78 is -0.0654. The van der Waals surface area contributed by atoms with Crippen LogP contribution in [-0.4, -0.2) is 10.9 Å². The summed E-state index contributed by atoms with van der Waals surface area (Å²) in [5, 5.41) is 3.76. The first-order valence-corrected chi connectivity index (χ1v) is 30.7. The number of rotatable bonds is 6. The molecule has 0 aliphatic heterocycles. The first kappa shape index (κ1) is 29.1. The Morgan fingerprint density at radius 1 is 0.689 bits per heavy atom. The van der Waals surface area contributed by atoms with Crippen molar-refractivity contribution < 1.29 is 15.6 Å². The number of aromatic nitrogens is 1. The molecule has 2 unspecified atom stereocenters. The molecule has 0 saturated heterocycles. The van der Waals surface area contributed by atoms with Gasteiger partial charge in [-0.15, -0.1) is 0 Å². The van der Waals surface area contributed by atoms with Gasteiger partial charge in [0.25, 0.3) is 0 Å². The van der Waals surface area contributed by atoms with Crippen LogP contribution in [-0.2, 0) is 15.6 Å². The van der Waals surface area contributed by atoms with Gasteiger partial charge in [-0.25, -0.2) is 0 Å². The molecule has 1 aromatic heterocycles. The van der Waals surface area contributed by atoms with Crippen molar-refractivity contribution >= 4 is 56.4 Å². The quantitative estimate of drug-likeness (QED) is 0.157. The van der Waals surface area contributed by atoms with Gasteiger partial charge in [0.1, 0.15) is 0 Å². The fourth-order valence-corrected chi connectivity index (χ4v) is 56.5. The second kappa shape index (κ2) is 11.2. The summed E-state index contributed by atoms with van der Waals surface area (Å²) in [5.74, 6) is -2.24. The summed E-state index contributed by atoms with van der Waals surface area (Å²) in [6, 6.07) is 47.8. The Balaban J connectivity index is 1.40. The first-order valence-electron chi connectivity index (χ1n) is 15.5. The Hall–Kier alpha value is -3.33. The van der Waals surface area contributed by atoms with Gasteiger partial charge in [0.15, 0.2) is 0 Å². The minimum absolute atomic E-state index is 0.0201. The van der Waals surface area contributed by atoms with Crippen molar-refractivity contribution in [3.05, 3.63) is 174 Å². The van der Waals surface area contributed by atoms with Gasteiger partial charge >= 0.3 is 276 Å². The molecule has 1 nitrogen and oxygen atoms in total. The predicted octanol–water partition coefficient (Wildman–Crippen LogP) is 9.66. The third kappa shape index (κ3) is 4.63. The monoisotopic (exact) mass is 714 g/mol. The minimum atomic E-state index is -5.18. The SMILES string of the molecule is CC1=Cc2c(-c3cnc4ccccc4c3)cccc2[CH]1[Zr]([Cl])([Cl])([CH]1C=Cc2ccccc21)[SiH](c1ccccc1)c1ccccc1. The van der Waals surface area contributed by atoms with E-state index >= 15 is 0 Å². The standard InChI is InChI=1S/C19H14N.C12H11Si.C9H7.2ClH.Zr/c1-13-9-14-6-4-7-17(18(14)10-13)16-11-15-5-2-3-8-19(15)20-12-16;1-3-7-11(8-4-1)13-12-9-5-2-6-10-12;1-2-5-9-7-3-6-8(9)4-1;;;/h2-12H,1H3;1-10,13H;1-7H;2*1H;/q;;;;;+2/p-2. The molecular weight excluding hydrogens is 685 g/mol. The van der Waals surface area contributed by atoms with Crippen molar-refractivity contribution in [1.82, 2.24) is 4.98 Å². The maximum atomic E-state index is 8.80. The van der Waals surface area contributed by atoms with E-state index in [9.17, 15) is 0 Å².